The maximum Gasteiger partial charge on any atom is 0.0224 e. The van der Waals surface area contributed by atoms with E-state index < -0.39 is 0 Å². The lowest BCUT2D eigenvalue weighted by Gasteiger charge is -2.44. The molecule has 2 atom stereocenters. The summed E-state index contributed by atoms with van der Waals surface area (Å²) in [6.07, 6.45) is 13.6. The van der Waals surface area contributed by atoms with E-state index in [-0.39, 0.29) is 0 Å². The summed E-state index contributed by atoms with van der Waals surface area (Å²) in [7, 11) is 0. The van der Waals surface area contributed by atoms with Gasteiger partial charge in [0.05, 0.1) is 0 Å². The van der Waals surface area contributed by atoms with Gasteiger partial charge >= 0.3 is 0 Å². The maximum atomic E-state index is 3.90. The largest absolute Gasteiger partial charge is 0.311 e. The van der Waals surface area contributed by atoms with E-state index in [1.165, 1.54) is 76.8 Å². The highest BCUT2D eigenvalue weighted by atomic mass is 32.2. The fourth-order valence-corrected chi connectivity index (χ4v) is 4.46. The van der Waals surface area contributed by atoms with Crippen LogP contribution in [0.3, 0.4) is 0 Å². The fraction of sp³-hybridized carbons (Fsp3) is 1.00. The molecule has 1 aliphatic heterocycles. The number of piperazine rings is 1. The summed E-state index contributed by atoms with van der Waals surface area (Å²) in [5.41, 5.74) is 0. The van der Waals surface area contributed by atoms with Crippen molar-refractivity contribution >= 4 is 11.8 Å². The molecule has 2 aliphatic rings. The topological polar surface area (TPSA) is 15.3 Å². The molecule has 0 spiro atoms. The smallest absolute Gasteiger partial charge is 0.0224 e. The Hall–Kier alpha value is 0.270. The lowest BCUT2D eigenvalue weighted by Crippen LogP contribution is -2.59. The summed E-state index contributed by atoms with van der Waals surface area (Å²) in [6, 6.07) is 1.57. The molecule has 2 rings (SSSR count). The van der Waals surface area contributed by atoms with Gasteiger partial charge in [-0.1, -0.05) is 32.6 Å². The van der Waals surface area contributed by atoms with Gasteiger partial charge in [0, 0.05) is 25.2 Å². The van der Waals surface area contributed by atoms with Crippen LogP contribution in [0.5, 0.6) is 0 Å². The van der Waals surface area contributed by atoms with Gasteiger partial charge in [-0.3, -0.25) is 4.90 Å². The van der Waals surface area contributed by atoms with E-state index >= 15 is 0 Å². The number of hydrogen-bond donors (Lipinski definition) is 1. The lowest BCUT2D eigenvalue weighted by atomic mass is 9.82. The van der Waals surface area contributed by atoms with E-state index in [1.54, 1.807) is 0 Å². The zero-order valence-corrected chi connectivity index (χ0v) is 14.4. The van der Waals surface area contributed by atoms with Gasteiger partial charge in [-0.15, -0.1) is 0 Å². The van der Waals surface area contributed by atoms with Crippen LogP contribution >= 0.6 is 11.8 Å². The molecule has 1 N–H and O–H groups in total. The standard InChI is InChI=1S/C17H34N2S/c1-3-8-16-13-18-17(15-9-5-4-6-10-15)14-19(16)11-7-12-20-2/h15-18H,3-14H2,1-2H3. The third-order valence-electron chi connectivity index (χ3n) is 5.20. The van der Waals surface area contributed by atoms with Crippen LogP contribution in [-0.4, -0.2) is 48.6 Å². The van der Waals surface area contributed by atoms with Gasteiger partial charge in [0.15, 0.2) is 0 Å². The van der Waals surface area contributed by atoms with Crippen molar-refractivity contribution in [3.05, 3.63) is 0 Å². The molecule has 118 valence electrons. The van der Waals surface area contributed by atoms with Gasteiger partial charge in [0.2, 0.25) is 0 Å². The van der Waals surface area contributed by atoms with Crippen LogP contribution in [0.25, 0.3) is 0 Å². The maximum absolute atomic E-state index is 3.90. The van der Waals surface area contributed by atoms with E-state index in [0.29, 0.717) is 0 Å². The summed E-state index contributed by atoms with van der Waals surface area (Å²) in [5.74, 6) is 2.27. The van der Waals surface area contributed by atoms with E-state index in [1.807, 2.05) is 11.8 Å². The van der Waals surface area contributed by atoms with Crippen LogP contribution in [0, 0.1) is 5.92 Å². The lowest BCUT2D eigenvalue weighted by molar-refractivity contribution is 0.0911. The van der Waals surface area contributed by atoms with Crippen LogP contribution < -0.4 is 5.32 Å². The average Bonchev–Trinajstić information content (AvgIpc) is 2.50. The van der Waals surface area contributed by atoms with Crippen molar-refractivity contribution in [2.75, 3.05) is 31.6 Å². The summed E-state index contributed by atoms with van der Waals surface area (Å²) in [4.78, 5) is 2.81. The highest BCUT2D eigenvalue weighted by Gasteiger charge is 2.31. The molecule has 0 aromatic heterocycles. The third-order valence-corrected chi connectivity index (χ3v) is 5.89. The molecule has 20 heavy (non-hydrogen) atoms. The molecule has 2 unspecified atom stereocenters. The predicted molar refractivity (Wildman–Crippen MR) is 91.6 cm³/mol. The first-order chi connectivity index (χ1) is 9.85. The Morgan fingerprint density at radius 1 is 1.20 bits per heavy atom. The van der Waals surface area contributed by atoms with Crippen LogP contribution in [0.4, 0.5) is 0 Å². The Morgan fingerprint density at radius 2 is 2.00 bits per heavy atom. The molecular formula is C17H34N2S. The van der Waals surface area contributed by atoms with Crippen molar-refractivity contribution in [1.29, 1.82) is 0 Å². The second-order valence-corrected chi connectivity index (χ2v) is 7.68. The highest BCUT2D eigenvalue weighted by Crippen LogP contribution is 2.29. The van der Waals surface area contributed by atoms with Crippen LogP contribution in [0.1, 0.15) is 58.3 Å². The Labute approximate surface area is 130 Å². The third kappa shape index (κ3) is 4.92. The van der Waals surface area contributed by atoms with Gasteiger partial charge in [-0.05, 0) is 50.2 Å². The van der Waals surface area contributed by atoms with Gasteiger partial charge in [-0.2, -0.15) is 11.8 Å². The zero-order chi connectivity index (χ0) is 14.2. The Morgan fingerprint density at radius 3 is 2.70 bits per heavy atom. The number of hydrogen-bond acceptors (Lipinski definition) is 3. The van der Waals surface area contributed by atoms with E-state index in [2.05, 4.69) is 23.4 Å². The fourth-order valence-electron chi connectivity index (χ4n) is 4.04. The van der Waals surface area contributed by atoms with E-state index in [9.17, 15) is 0 Å². The second kappa shape index (κ2) is 9.32. The number of nitrogens with zero attached hydrogens (tertiary/aromatic N) is 1. The van der Waals surface area contributed by atoms with Crippen molar-refractivity contribution in [2.24, 2.45) is 5.92 Å². The molecule has 1 heterocycles. The minimum atomic E-state index is 0.776. The first-order valence-electron chi connectivity index (χ1n) is 8.81. The van der Waals surface area contributed by atoms with Crippen molar-refractivity contribution < 1.29 is 0 Å². The molecule has 0 bridgehead atoms. The molecule has 0 aromatic rings. The average molecular weight is 299 g/mol. The van der Waals surface area contributed by atoms with Gasteiger partial charge < -0.3 is 5.32 Å². The zero-order valence-electron chi connectivity index (χ0n) is 13.6. The summed E-state index contributed by atoms with van der Waals surface area (Å²) >= 11 is 1.99. The molecule has 1 saturated carbocycles. The summed E-state index contributed by atoms with van der Waals surface area (Å²) in [5, 5.41) is 3.90. The summed E-state index contributed by atoms with van der Waals surface area (Å²) < 4.78 is 0. The molecule has 0 amide bonds. The molecule has 3 heteroatoms. The monoisotopic (exact) mass is 298 g/mol. The van der Waals surface area contributed by atoms with Crippen LogP contribution in [0.2, 0.25) is 0 Å². The molecular weight excluding hydrogens is 264 g/mol. The minimum Gasteiger partial charge on any atom is -0.311 e. The molecule has 0 radical (unpaired) electrons. The molecule has 0 aromatic carbocycles. The minimum absolute atomic E-state index is 0.776. The second-order valence-electron chi connectivity index (χ2n) is 6.70. The van der Waals surface area contributed by atoms with E-state index in [0.717, 1.165) is 18.0 Å². The van der Waals surface area contributed by atoms with Gasteiger partial charge in [0.25, 0.3) is 0 Å². The van der Waals surface area contributed by atoms with Crippen molar-refractivity contribution in [1.82, 2.24) is 10.2 Å². The SMILES string of the molecule is CCCC1CNC(C2CCCCC2)CN1CCCSC. The van der Waals surface area contributed by atoms with Crippen molar-refractivity contribution in [2.45, 2.75) is 70.4 Å². The van der Waals surface area contributed by atoms with Crippen LogP contribution in [0.15, 0.2) is 0 Å². The quantitative estimate of drug-likeness (QED) is 0.720. The summed E-state index contributed by atoms with van der Waals surface area (Å²) in [6.45, 7) is 6.18. The highest BCUT2D eigenvalue weighted by molar-refractivity contribution is 7.98. The Bertz CT molecular complexity index is 253. The normalized spacial score (nSPS) is 29.7. The molecule has 2 fully saturated rings. The number of thioether (sulfide) groups is 1. The van der Waals surface area contributed by atoms with Gasteiger partial charge in [-0.25, -0.2) is 0 Å². The predicted octanol–water partition coefficient (Wildman–Crippen LogP) is 3.76. The molecule has 1 saturated heterocycles. The molecule has 1 aliphatic carbocycles. The van der Waals surface area contributed by atoms with Crippen molar-refractivity contribution in [3.8, 4) is 0 Å². The Kier molecular flexibility index (Phi) is 7.75. The van der Waals surface area contributed by atoms with Crippen LogP contribution in [-0.2, 0) is 0 Å². The van der Waals surface area contributed by atoms with Crippen molar-refractivity contribution in [3.63, 3.8) is 0 Å². The van der Waals surface area contributed by atoms with E-state index in [4.69, 9.17) is 0 Å². The van der Waals surface area contributed by atoms with Gasteiger partial charge in [0.1, 0.15) is 0 Å². The number of nitrogens with one attached hydrogen (secondary N) is 1. The first kappa shape index (κ1) is 16.6. The number of rotatable bonds is 7. The molecule has 2 nitrogen and oxygen atoms in total. The first-order valence-corrected chi connectivity index (χ1v) is 10.2. The Balaban J connectivity index is 1.84.